The smallest absolute Gasteiger partial charge is 0.261 e. The third-order valence-electron chi connectivity index (χ3n) is 3.26. The summed E-state index contributed by atoms with van der Waals surface area (Å²) in [7, 11) is 0. The van der Waals surface area contributed by atoms with Gasteiger partial charge < -0.3 is 5.73 Å². The Bertz CT molecular complexity index is 528. The lowest BCUT2D eigenvalue weighted by Crippen LogP contribution is -2.44. The van der Waals surface area contributed by atoms with Crippen molar-refractivity contribution in [1.82, 2.24) is 4.90 Å². The van der Waals surface area contributed by atoms with Crippen molar-refractivity contribution >= 4 is 27.7 Å². The molecular formula is C14H17BrN2O2. The number of hydrogen-bond acceptors (Lipinski definition) is 3. The van der Waals surface area contributed by atoms with Gasteiger partial charge in [-0.1, -0.05) is 29.8 Å². The van der Waals surface area contributed by atoms with Crippen molar-refractivity contribution in [2.45, 2.75) is 26.3 Å². The predicted octanol–water partition coefficient (Wildman–Crippen LogP) is 2.42. The minimum absolute atomic E-state index is 0.230. The van der Waals surface area contributed by atoms with Gasteiger partial charge >= 0.3 is 0 Å². The van der Waals surface area contributed by atoms with Gasteiger partial charge in [-0.3, -0.25) is 14.5 Å². The summed E-state index contributed by atoms with van der Waals surface area (Å²) in [6.07, 6.45) is 0.725. The van der Waals surface area contributed by atoms with E-state index in [1.165, 1.54) is 4.90 Å². The molecule has 2 N–H and O–H groups in total. The van der Waals surface area contributed by atoms with E-state index in [4.69, 9.17) is 5.73 Å². The van der Waals surface area contributed by atoms with Gasteiger partial charge in [0.25, 0.3) is 11.8 Å². The second-order valence-corrected chi connectivity index (χ2v) is 6.10. The maximum atomic E-state index is 12.4. The van der Waals surface area contributed by atoms with Crippen molar-refractivity contribution in [2.75, 3.05) is 6.54 Å². The van der Waals surface area contributed by atoms with Crippen LogP contribution >= 0.6 is 15.9 Å². The molecule has 102 valence electrons. The van der Waals surface area contributed by atoms with Crippen LogP contribution < -0.4 is 5.73 Å². The zero-order valence-electron chi connectivity index (χ0n) is 11.0. The molecule has 0 spiro atoms. The topological polar surface area (TPSA) is 63.4 Å². The summed E-state index contributed by atoms with van der Waals surface area (Å²) in [6, 6.07) is 4.92. The molecule has 1 unspecified atom stereocenters. The van der Waals surface area contributed by atoms with Gasteiger partial charge in [0, 0.05) is 11.0 Å². The fourth-order valence-corrected chi connectivity index (χ4v) is 2.78. The lowest BCUT2D eigenvalue weighted by atomic mass is 10.0. The zero-order valence-corrected chi connectivity index (χ0v) is 12.6. The summed E-state index contributed by atoms with van der Waals surface area (Å²) in [4.78, 5) is 26.0. The maximum absolute atomic E-state index is 12.4. The number of hydrogen-bond donors (Lipinski definition) is 1. The largest absolute Gasteiger partial charge is 0.328 e. The minimum atomic E-state index is -0.239. The number of rotatable bonds is 4. The van der Waals surface area contributed by atoms with E-state index in [9.17, 15) is 9.59 Å². The Morgan fingerprint density at radius 1 is 1.21 bits per heavy atom. The zero-order chi connectivity index (χ0) is 14.2. The number of carbonyl (C=O) groups excluding carboxylic acids is 2. The molecule has 0 bridgehead atoms. The minimum Gasteiger partial charge on any atom is -0.328 e. The predicted molar refractivity (Wildman–Crippen MR) is 76.9 cm³/mol. The molecule has 1 aromatic carbocycles. The van der Waals surface area contributed by atoms with Crippen LogP contribution in [0.25, 0.3) is 0 Å². The fraction of sp³-hybridized carbons (Fsp3) is 0.429. The lowest BCUT2D eigenvalue weighted by molar-refractivity contribution is 0.0572. The number of benzene rings is 1. The molecule has 4 nitrogen and oxygen atoms in total. The van der Waals surface area contributed by atoms with Gasteiger partial charge in [0.2, 0.25) is 0 Å². The summed E-state index contributed by atoms with van der Waals surface area (Å²) in [6.45, 7) is 4.40. The first-order chi connectivity index (χ1) is 8.95. The number of amides is 2. The Kier molecular flexibility index (Phi) is 4.06. The Balaban J connectivity index is 2.36. The molecule has 1 aromatic rings. The molecule has 1 heterocycles. The molecule has 2 amide bonds. The Labute approximate surface area is 121 Å². The third-order valence-corrected chi connectivity index (χ3v) is 3.75. The van der Waals surface area contributed by atoms with E-state index in [2.05, 4.69) is 29.8 Å². The van der Waals surface area contributed by atoms with Crippen molar-refractivity contribution in [1.29, 1.82) is 0 Å². The number of nitrogens with zero attached hydrogens (tertiary/aromatic N) is 1. The number of imide groups is 1. The number of fused-ring (bicyclic) bond motifs is 1. The van der Waals surface area contributed by atoms with Gasteiger partial charge in [-0.15, -0.1) is 0 Å². The van der Waals surface area contributed by atoms with Crippen LogP contribution in [0.3, 0.4) is 0 Å². The molecule has 2 rings (SSSR count). The number of halogens is 1. The van der Waals surface area contributed by atoms with E-state index in [0.717, 1.165) is 10.9 Å². The lowest BCUT2D eigenvalue weighted by Gasteiger charge is -2.26. The second-order valence-electron chi connectivity index (χ2n) is 5.19. The van der Waals surface area contributed by atoms with E-state index in [1.54, 1.807) is 18.2 Å². The van der Waals surface area contributed by atoms with Crippen LogP contribution in [-0.2, 0) is 0 Å². The molecule has 1 aliphatic heterocycles. The van der Waals surface area contributed by atoms with Gasteiger partial charge in [0.1, 0.15) is 0 Å². The van der Waals surface area contributed by atoms with Crippen molar-refractivity contribution in [3.63, 3.8) is 0 Å². The average Bonchev–Trinajstić information content (AvgIpc) is 2.59. The van der Waals surface area contributed by atoms with Crippen LogP contribution in [-0.4, -0.2) is 29.3 Å². The Morgan fingerprint density at radius 2 is 1.84 bits per heavy atom. The van der Waals surface area contributed by atoms with E-state index in [-0.39, 0.29) is 17.9 Å². The Hall–Kier alpha value is -1.20. The molecule has 0 aromatic heterocycles. The summed E-state index contributed by atoms with van der Waals surface area (Å²) >= 11 is 3.32. The quantitative estimate of drug-likeness (QED) is 0.865. The highest BCUT2D eigenvalue weighted by Gasteiger charge is 2.39. The van der Waals surface area contributed by atoms with Gasteiger partial charge in [0.15, 0.2) is 0 Å². The first-order valence-corrected chi connectivity index (χ1v) is 7.12. The van der Waals surface area contributed by atoms with E-state index in [1.807, 2.05) is 0 Å². The van der Waals surface area contributed by atoms with Crippen LogP contribution in [0.4, 0.5) is 0 Å². The van der Waals surface area contributed by atoms with Gasteiger partial charge in [-0.25, -0.2) is 0 Å². The van der Waals surface area contributed by atoms with Gasteiger partial charge in [-0.2, -0.15) is 0 Å². The van der Waals surface area contributed by atoms with E-state index in [0.29, 0.717) is 23.6 Å². The molecule has 0 radical (unpaired) electrons. The molecule has 0 saturated heterocycles. The second kappa shape index (κ2) is 5.43. The van der Waals surface area contributed by atoms with Crippen molar-refractivity contribution in [3.05, 3.63) is 33.8 Å². The normalized spacial score (nSPS) is 16.2. The summed E-state index contributed by atoms with van der Waals surface area (Å²) in [5.41, 5.74) is 6.66. The van der Waals surface area contributed by atoms with Crippen molar-refractivity contribution < 1.29 is 9.59 Å². The fourth-order valence-electron chi connectivity index (χ4n) is 2.41. The molecule has 0 aliphatic carbocycles. The van der Waals surface area contributed by atoms with Crippen molar-refractivity contribution in [3.8, 4) is 0 Å². The molecule has 19 heavy (non-hydrogen) atoms. The first kappa shape index (κ1) is 14.2. The van der Waals surface area contributed by atoms with Crippen LogP contribution in [0, 0.1) is 5.92 Å². The van der Waals surface area contributed by atoms with Gasteiger partial charge in [0.05, 0.1) is 17.2 Å². The average molecular weight is 325 g/mol. The Morgan fingerprint density at radius 3 is 2.42 bits per heavy atom. The van der Waals surface area contributed by atoms with E-state index < -0.39 is 0 Å². The third kappa shape index (κ3) is 2.58. The first-order valence-electron chi connectivity index (χ1n) is 6.33. The monoisotopic (exact) mass is 324 g/mol. The molecule has 1 aliphatic rings. The summed E-state index contributed by atoms with van der Waals surface area (Å²) < 4.78 is 0.794. The number of carbonyl (C=O) groups is 2. The molecule has 0 fully saturated rings. The number of nitrogens with two attached hydrogens (primary N) is 1. The van der Waals surface area contributed by atoms with Crippen LogP contribution in [0.5, 0.6) is 0 Å². The molecule has 1 atom stereocenters. The highest BCUT2D eigenvalue weighted by atomic mass is 79.9. The molecule has 5 heteroatoms. The standard InChI is InChI=1S/C14H17BrN2O2/c1-8(2)5-10(7-16)17-13(18)11-4-3-9(15)6-12(11)14(17)19/h3-4,6,8,10H,5,7,16H2,1-2H3. The molecular weight excluding hydrogens is 308 g/mol. The molecule has 0 saturated carbocycles. The highest BCUT2D eigenvalue weighted by Crippen LogP contribution is 2.28. The SMILES string of the molecule is CC(C)CC(CN)N1C(=O)c2ccc(Br)cc2C1=O. The van der Waals surface area contributed by atoms with Crippen LogP contribution in [0.15, 0.2) is 22.7 Å². The maximum Gasteiger partial charge on any atom is 0.261 e. The summed E-state index contributed by atoms with van der Waals surface area (Å²) in [5.74, 6) is -0.0920. The highest BCUT2D eigenvalue weighted by molar-refractivity contribution is 9.10. The van der Waals surface area contributed by atoms with Crippen LogP contribution in [0.1, 0.15) is 41.0 Å². The van der Waals surface area contributed by atoms with Crippen molar-refractivity contribution in [2.24, 2.45) is 11.7 Å². The van der Waals surface area contributed by atoms with Gasteiger partial charge in [-0.05, 0) is 30.5 Å². The van der Waals surface area contributed by atoms with Crippen LogP contribution in [0.2, 0.25) is 0 Å². The summed E-state index contributed by atoms with van der Waals surface area (Å²) in [5, 5.41) is 0. The van der Waals surface area contributed by atoms with E-state index >= 15 is 0 Å².